The molecule has 4 N–H and O–H groups in total. The molecule has 0 aromatic heterocycles. The molecule has 5 nitrogen and oxygen atoms in total. The van der Waals surface area contributed by atoms with E-state index in [9.17, 15) is 0 Å². The van der Waals surface area contributed by atoms with Gasteiger partial charge in [-0.05, 0) is 18.2 Å². The van der Waals surface area contributed by atoms with E-state index >= 15 is 0 Å². The lowest BCUT2D eigenvalue weighted by Gasteiger charge is -2.31. The first-order valence-electron chi connectivity index (χ1n) is 5.12. The maximum Gasteiger partial charge on any atom is 0.161 e. The lowest BCUT2D eigenvalue weighted by molar-refractivity contribution is 0.0764. The van der Waals surface area contributed by atoms with Crippen molar-refractivity contribution in [2.24, 2.45) is 0 Å². The van der Waals surface area contributed by atoms with Gasteiger partial charge < -0.3 is 21.1 Å². The number of morpholine rings is 1. The van der Waals surface area contributed by atoms with Gasteiger partial charge in [0.25, 0.3) is 0 Å². The number of hydrogen-bond donors (Lipinski definition) is 2. The average molecular weight is 218 g/mol. The molecular weight excluding hydrogens is 204 g/mol. The van der Waals surface area contributed by atoms with Crippen molar-refractivity contribution >= 4 is 17.1 Å². The Bertz CT molecular complexity index is 426. The first kappa shape index (κ1) is 10.6. The van der Waals surface area contributed by atoms with Gasteiger partial charge in [0.1, 0.15) is 0 Å². The summed E-state index contributed by atoms with van der Waals surface area (Å²) < 4.78 is 5.27. The molecule has 0 bridgehead atoms. The van der Waals surface area contributed by atoms with Crippen LogP contribution in [0.15, 0.2) is 18.2 Å². The molecule has 1 heterocycles. The van der Waals surface area contributed by atoms with Crippen LogP contribution in [0, 0.1) is 11.3 Å². The van der Waals surface area contributed by atoms with Crippen LogP contribution in [-0.4, -0.2) is 25.8 Å². The fraction of sp³-hybridized carbons (Fsp3) is 0.364. The number of anilines is 3. The van der Waals surface area contributed by atoms with Gasteiger partial charge in [-0.25, -0.2) is 0 Å². The summed E-state index contributed by atoms with van der Waals surface area (Å²) in [6, 6.07) is 7.63. The van der Waals surface area contributed by atoms with Crippen molar-refractivity contribution in [3.8, 4) is 6.07 Å². The second kappa shape index (κ2) is 4.29. The number of nitrogens with zero attached hydrogens (tertiary/aromatic N) is 2. The van der Waals surface area contributed by atoms with E-state index in [0.717, 1.165) is 12.2 Å². The van der Waals surface area contributed by atoms with Crippen molar-refractivity contribution < 1.29 is 4.74 Å². The molecule has 0 saturated carbocycles. The van der Waals surface area contributed by atoms with Crippen LogP contribution in [0.5, 0.6) is 0 Å². The second-order valence-electron chi connectivity index (χ2n) is 3.75. The molecule has 1 atom stereocenters. The zero-order valence-electron chi connectivity index (χ0n) is 8.89. The summed E-state index contributed by atoms with van der Waals surface area (Å²) in [5.74, 6) is 0. The summed E-state index contributed by atoms with van der Waals surface area (Å²) in [6.07, 6.45) is -0.368. The molecule has 1 aromatic rings. The predicted molar refractivity (Wildman–Crippen MR) is 62.8 cm³/mol. The molecule has 16 heavy (non-hydrogen) atoms. The topological polar surface area (TPSA) is 88.3 Å². The minimum atomic E-state index is -0.368. The van der Waals surface area contributed by atoms with Crippen LogP contribution in [0.3, 0.4) is 0 Å². The van der Waals surface area contributed by atoms with Crippen LogP contribution in [0.4, 0.5) is 17.1 Å². The third kappa shape index (κ3) is 2.02. The molecule has 0 spiro atoms. The van der Waals surface area contributed by atoms with E-state index in [1.165, 1.54) is 0 Å². The maximum absolute atomic E-state index is 8.81. The fourth-order valence-corrected chi connectivity index (χ4v) is 1.72. The molecule has 1 unspecified atom stereocenters. The second-order valence-corrected chi connectivity index (χ2v) is 3.75. The molecule has 1 aromatic carbocycles. The Balaban J connectivity index is 2.17. The number of benzene rings is 1. The zero-order valence-corrected chi connectivity index (χ0v) is 8.89. The Hall–Kier alpha value is -1.93. The summed E-state index contributed by atoms with van der Waals surface area (Å²) in [4.78, 5) is 2.08. The summed E-state index contributed by atoms with van der Waals surface area (Å²) in [7, 11) is 0. The third-order valence-electron chi connectivity index (χ3n) is 2.65. The summed E-state index contributed by atoms with van der Waals surface area (Å²) in [6.45, 7) is 1.89. The molecular formula is C11H14N4O. The molecule has 84 valence electrons. The van der Waals surface area contributed by atoms with Crippen molar-refractivity contribution in [2.75, 3.05) is 36.1 Å². The average Bonchev–Trinajstić information content (AvgIpc) is 2.33. The van der Waals surface area contributed by atoms with E-state index in [1.54, 1.807) is 6.07 Å². The summed E-state index contributed by atoms with van der Waals surface area (Å²) >= 11 is 0. The Kier molecular flexibility index (Phi) is 2.84. The highest BCUT2D eigenvalue weighted by atomic mass is 16.5. The zero-order chi connectivity index (χ0) is 11.5. The van der Waals surface area contributed by atoms with Gasteiger partial charge in [0, 0.05) is 12.2 Å². The highest BCUT2D eigenvalue weighted by molar-refractivity contribution is 5.69. The van der Waals surface area contributed by atoms with E-state index < -0.39 is 0 Å². The van der Waals surface area contributed by atoms with Crippen molar-refractivity contribution in [2.45, 2.75) is 6.10 Å². The highest BCUT2D eigenvalue weighted by Gasteiger charge is 2.20. The van der Waals surface area contributed by atoms with Gasteiger partial charge in [-0.3, -0.25) is 0 Å². The highest BCUT2D eigenvalue weighted by Crippen LogP contribution is 2.24. The number of nitrogen functional groups attached to an aromatic ring is 2. The third-order valence-corrected chi connectivity index (χ3v) is 2.65. The van der Waals surface area contributed by atoms with Gasteiger partial charge in [0.15, 0.2) is 6.10 Å². The monoisotopic (exact) mass is 218 g/mol. The van der Waals surface area contributed by atoms with Crippen LogP contribution >= 0.6 is 0 Å². The largest absolute Gasteiger partial charge is 0.397 e. The lowest BCUT2D eigenvalue weighted by Crippen LogP contribution is -2.41. The maximum atomic E-state index is 8.81. The number of ether oxygens (including phenoxy) is 1. The lowest BCUT2D eigenvalue weighted by atomic mass is 10.2. The number of nitriles is 1. The van der Waals surface area contributed by atoms with Crippen LogP contribution < -0.4 is 16.4 Å². The van der Waals surface area contributed by atoms with E-state index in [4.69, 9.17) is 21.5 Å². The first-order valence-corrected chi connectivity index (χ1v) is 5.12. The Morgan fingerprint density at radius 2 is 2.19 bits per heavy atom. The molecule has 1 saturated heterocycles. The molecule has 5 heteroatoms. The molecule has 0 radical (unpaired) electrons. The predicted octanol–water partition coefficient (Wildman–Crippen LogP) is 0.580. The number of hydrogen-bond acceptors (Lipinski definition) is 5. The molecule has 1 aliphatic heterocycles. The van der Waals surface area contributed by atoms with Crippen molar-refractivity contribution in [1.29, 1.82) is 5.26 Å². The van der Waals surface area contributed by atoms with E-state index in [-0.39, 0.29) is 6.10 Å². The van der Waals surface area contributed by atoms with E-state index in [1.807, 2.05) is 12.1 Å². The quantitative estimate of drug-likeness (QED) is 0.673. The minimum Gasteiger partial charge on any atom is -0.397 e. The van der Waals surface area contributed by atoms with Gasteiger partial charge in [-0.15, -0.1) is 0 Å². The minimum absolute atomic E-state index is 0.368. The SMILES string of the molecule is N#CC1CN(c2ccc(N)c(N)c2)CCO1. The summed E-state index contributed by atoms with van der Waals surface area (Å²) in [5, 5.41) is 8.81. The Morgan fingerprint density at radius 3 is 2.88 bits per heavy atom. The normalized spacial score (nSPS) is 20.4. The Morgan fingerprint density at radius 1 is 1.38 bits per heavy atom. The van der Waals surface area contributed by atoms with Crippen LogP contribution in [-0.2, 0) is 4.74 Å². The molecule has 0 aliphatic carbocycles. The van der Waals surface area contributed by atoms with Crippen molar-refractivity contribution in [3.63, 3.8) is 0 Å². The van der Waals surface area contributed by atoms with Gasteiger partial charge in [-0.1, -0.05) is 0 Å². The summed E-state index contributed by atoms with van der Waals surface area (Å²) in [5.41, 5.74) is 13.5. The van der Waals surface area contributed by atoms with Crippen LogP contribution in [0.25, 0.3) is 0 Å². The standard InChI is InChI=1S/C11H14N4O/c12-6-9-7-15(3-4-16-9)8-1-2-10(13)11(14)5-8/h1-2,5,9H,3-4,7,13-14H2. The van der Waals surface area contributed by atoms with E-state index in [0.29, 0.717) is 24.5 Å². The molecule has 2 rings (SSSR count). The van der Waals surface area contributed by atoms with Gasteiger partial charge >= 0.3 is 0 Å². The van der Waals surface area contributed by atoms with Crippen LogP contribution in [0.1, 0.15) is 0 Å². The number of nitrogens with two attached hydrogens (primary N) is 2. The Labute approximate surface area is 94.2 Å². The van der Waals surface area contributed by atoms with E-state index in [2.05, 4.69) is 11.0 Å². The molecule has 0 amide bonds. The fourth-order valence-electron chi connectivity index (χ4n) is 1.72. The molecule has 1 aliphatic rings. The smallest absolute Gasteiger partial charge is 0.161 e. The first-order chi connectivity index (χ1) is 7.70. The van der Waals surface area contributed by atoms with Gasteiger partial charge in [0.2, 0.25) is 0 Å². The van der Waals surface area contributed by atoms with Gasteiger partial charge in [0.05, 0.1) is 30.6 Å². The van der Waals surface area contributed by atoms with Crippen LogP contribution in [0.2, 0.25) is 0 Å². The molecule has 1 fully saturated rings. The van der Waals surface area contributed by atoms with Crippen molar-refractivity contribution in [1.82, 2.24) is 0 Å². The van der Waals surface area contributed by atoms with Gasteiger partial charge in [-0.2, -0.15) is 5.26 Å². The number of rotatable bonds is 1. The van der Waals surface area contributed by atoms with Crippen molar-refractivity contribution in [3.05, 3.63) is 18.2 Å².